The zero-order valence-electron chi connectivity index (χ0n) is 8.14. The van der Waals surface area contributed by atoms with Crippen LogP contribution in [0.2, 0.25) is 0 Å². The average molecular weight is 190 g/mol. The molecule has 1 atom stereocenters. The molecule has 0 aromatic carbocycles. The van der Waals surface area contributed by atoms with Crippen LogP contribution in [0.3, 0.4) is 0 Å². The van der Waals surface area contributed by atoms with Crippen molar-refractivity contribution in [2.45, 2.75) is 6.10 Å². The van der Waals surface area contributed by atoms with E-state index in [1.807, 2.05) is 48.1 Å². The van der Waals surface area contributed by atoms with Gasteiger partial charge in [0, 0.05) is 24.5 Å². The number of nitrogens with zero attached hydrogens (tertiary/aromatic N) is 1. The maximum Gasteiger partial charge on any atom is 0.0934 e. The number of aromatic nitrogens is 1. The van der Waals surface area contributed by atoms with Gasteiger partial charge in [0.15, 0.2) is 0 Å². The highest BCUT2D eigenvalue weighted by Gasteiger charge is 2.10. The average Bonchev–Trinajstić information content (AvgIpc) is 2.61. The Morgan fingerprint density at radius 2 is 2.21 bits per heavy atom. The summed E-state index contributed by atoms with van der Waals surface area (Å²) in [5, 5.41) is 12.8. The van der Waals surface area contributed by atoms with Crippen LogP contribution < -0.4 is 5.32 Å². The molecule has 74 valence electrons. The van der Waals surface area contributed by atoms with Crippen LogP contribution in [0.25, 0.3) is 5.52 Å². The van der Waals surface area contributed by atoms with E-state index in [-0.39, 0.29) is 0 Å². The number of rotatable bonds is 3. The smallest absolute Gasteiger partial charge is 0.0934 e. The molecule has 0 amide bonds. The summed E-state index contributed by atoms with van der Waals surface area (Å²) < 4.78 is 2.01. The Bertz CT molecular complexity index is 422. The van der Waals surface area contributed by atoms with Gasteiger partial charge in [-0.2, -0.15) is 0 Å². The molecular formula is C11H14N2O. The van der Waals surface area contributed by atoms with Crippen molar-refractivity contribution in [3.63, 3.8) is 0 Å². The summed E-state index contributed by atoms with van der Waals surface area (Å²) in [5.74, 6) is 0. The van der Waals surface area contributed by atoms with Gasteiger partial charge < -0.3 is 14.8 Å². The number of likely N-dealkylation sites (N-methyl/N-ethyl adjacent to an activating group) is 1. The summed E-state index contributed by atoms with van der Waals surface area (Å²) in [4.78, 5) is 0. The van der Waals surface area contributed by atoms with Gasteiger partial charge in [0.2, 0.25) is 0 Å². The SMILES string of the molecule is CNC[C@H](O)c1ccn2ccccc12. The first-order valence-electron chi connectivity index (χ1n) is 4.71. The van der Waals surface area contributed by atoms with Gasteiger partial charge in [-0.3, -0.25) is 0 Å². The van der Waals surface area contributed by atoms with Crippen LogP contribution in [0.15, 0.2) is 36.7 Å². The number of fused-ring (bicyclic) bond motifs is 1. The molecule has 2 aromatic rings. The van der Waals surface area contributed by atoms with Crippen molar-refractivity contribution >= 4 is 5.52 Å². The van der Waals surface area contributed by atoms with Crippen molar-refractivity contribution in [2.24, 2.45) is 0 Å². The molecule has 14 heavy (non-hydrogen) atoms. The van der Waals surface area contributed by atoms with E-state index in [2.05, 4.69) is 5.32 Å². The largest absolute Gasteiger partial charge is 0.387 e. The van der Waals surface area contributed by atoms with Crippen LogP contribution in [0.4, 0.5) is 0 Å². The number of aliphatic hydroxyl groups is 1. The van der Waals surface area contributed by atoms with Gasteiger partial charge in [0.1, 0.15) is 0 Å². The van der Waals surface area contributed by atoms with Gasteiger partial charge in [-0.25, -0.2) is 0 Å². The quantitative estimate of drug-likeness (QED) is 0.762. The topological polar surface area (TPSA) is 36.7 Å². The van der Waals surface area contributed by atoms with E-state index in [0.717, 1.165) is 11.1 Å². The van der Waals surface area contributed by atoms with Crippen molar-refractivity contribution in [1.29, 1.82) is 0 Å². The Morgan fingerprint density at radius 3 is 3.00 bits per heavy atom. The first-order valence-corrected chi connectivity index (χ1v) is 4.71. The fourth-order valence-electron chi connectivity index (χ4n) is 1.66. The number of hydrogen-bond donors (Lipinski definition) is 2. The molecule has 0 saturated carbocycles. The Kier molecular flexibility index (Phi) is 2.52. The van der Waals surface area contributed by atoms with Crippen LogP contribution in [0.1, 0.15) is 11.7 Å². The molecular weight excluding hydrogens is 176 g/mol. The monoisotopic (exact) mass is 190 g/mol. The number of pyridine rings is 1. The van der Waals surface area contributed by atoms with Crippen LogP contribution in [0, 0.1) is 0 Å². The van der Waals surface area contributed by atoms with Gasteiger partial charge in [0.25, 0.3) is 0 Å². The number of hydrogen-bond acceptors (Lipinski definition) is 2. The third-order valence-electron chi connectivity index (χ3n) is 2.36. The van der Waals surface area contributed by atoms with Crippen molar-refractivity contribution in [3.8, 4) is 0 Å². The third-order valence-corrected chi connectivity index (χ3v) is 2.36. The highest BCUT2D eigenvalue weighted by atomic mass is 16.3. The van der Waals surface area contributed by atoms with Gasteiger partial charge in [-0.15, -0.1) is 0 Å². The molecule has 2 aromatic heterocycles. The number of aliphatic hydroxyl groups excluding tert-OH is 1. The van der Waals surface area contributed by atoms with Gasteiger partial charge in [-0.1, -0.05) is 6.07 Å². The molecule has 0 aliphatic carbocycles. The van der Waals surface area contributed by atoms with E-state index in [0.29, 0.717) is 6.54 Å². The third kappa shape index (κ3) is 1.52. The minimum Gasteiger partial charge on any atom is -0.387 e. The Morgan fingerprint density at radius 1 is 1.36 bits per heavy atom. The second-order valence-corrected chi connectivity index (χ2v) is 3.34. The van der Waals surface area contributed by atoms with Crippen molar-refractivity contribution < 1.29 is 5.11 Å². The molecule has 2 rings (SSSR count). The van der Waals surface area contributed by atoms with E-state index in [4.69, 9.17) is 0 Å². The number of nitrogens with one attached hydrogen (secondary N) is 1. The lowest BCUT2D eigenvalue weighted by molar-refractivity contribution is 0.179. The van der Waals surface area contributed by atoms with Crippen LogP contribution in [0.5, 0.6) is 0 Å². The van der Waals surface area contributed by atoms with Crippen LogP contribution >= 0.6 is 0 Å². The van der Waals surface area contributed by atoms with Crippen LogP contribution in [-0.2, 0) is 0 Å². The molecule has 0 bridgehead atoms. The molecule has 2 N–H and O–H groups in total. The summed E-state index contributed by atoms with van der Waals surface area (Å²) in [6.45, 7) is 0.578. The predicted octanol–water partition coefficient (Wildman–Crippen LogP) is 1.19. The predicted molar refractivity (Wildman–Crippen MR) is 56.3 cm³/mol. The molecule has 0 saturated heterocycles. The second-order valence-electron chi connectivity index (χ2n) is 3.34. The van der Waals surface area contributed by atoms with Crippen molar-refractivity contribution in [2.75, 3.05) is 13.6 Å². The molecule has 3 heteroatoms. The van der Waals surface area contributed by atoms with E-state index in [9.17, 15) is 5.11 Å². The molecule has 0 aliphatic rings. The molecule has 0 fully saturated rings. The highest BCUT2D eigenvalue weighted by molar-refractivity contribution is 5.56. The molecule has 0 unspecified atom stereocenters. The van der Waals surface area contributed by atoms with Gasteiger partial charge >= 0.3 is 0 Å². The molecule has 2 heterocycles. The van der Waals surface area contributed by atoms with Gasteiger partial charge in [-0.05, 0) is 25.2 Å². The van der Waals surface area contributed by atoms with E-state index < -0.39 is 6.10 Å². The summed E-state index contributed by atoms with van der Waals surface area (Å²) in [5.41, 5.74) is 2.04. The Balaban J connectivity index is 2.42. The first kappa shape index (κ1) is 9.24. The maximum absolute atomic E-state index is 9.83. The minimum absolute atomic E-state index is 0.438. The maximum atomic E-state index is 9.83. The van der Waals surface area contributed by atoms with E-state index >= 15 is 0 Å². The highest BCUT2D eigenvalue weighted by Crippen LogP contribution is 2.19. The molecule has 0 aliphatic heterocycles. The minimum atomic E-state index is -0.438. The second kappa shape index (κ2) is 3.82. The lowest BCUT2D eigenvalue weighted by Crippen LogP contribution is -2.16. The molecule has 0 spiro atoms. The standard InChI is InChI=1S/C11H14N2O/c1-12-8-11(14)9-5-7-13-6-3-2-4-10(9)13/h2-7,11-12,14H,8H2,1H3/t11-/m0/s1. The Hall–Kier alpha value is -1.32. The van der Waals surface area contributed by atoms with Crippen molar-refractivity contribution in [1.82, 2.24) is 9.72 Å². The molecule has 3 nitrogen and oxygen atoms in total. The zero-order valence-corrected chi connectivity index (χ0v) is 8.14. The Labute approximate surface area is 83.0 Å². The zero-order chi connectivity index (χ0) is 9.97. The fourth-order valence-corrected chi connectivity index (χ4v) is 1.66. The first-order chi connectivity index (χ1) is 6.83. The molecule has 0 radical (unpaired) electrons. The summed E-state index contributed by atoms with van der Waals surface area (Å²) in [7, 11) is 1.83. The van der Waals surface area contributed by atoms with Crippen LogP contribution in [-0.4, -0.2) is 23.1 Å². The summed E-state index contributed by atoms with van der Waals surface area (Å²) in [6, 6.07) is 7.91. The van der Waals surface area contributed by atoms with E-state index in [1.54, 1.807) is 0 Å². The van der Waals surface area contributed by atoms with Crippen molar-refractivity contribution in [3.05, 3.63) is 42.2 Å². The van der Waals surface area contributed by atoms with Gasteiger partial charge in [0.05, 0.1) is 11.6 Å². The summed E-state index contributed by atoms with van der Waals surface area (Å²) >= 11 is 0. The normalized spacial score (nSPS) is 13.3. The lowest BCUT2D eigenvalue weighted by Gasteiger charge is -2.08. The fraction of sp³-hybridized carbons (Fsp3) is 0.273. The lowest BCUT2D eigenvalue weighted by atomic mass is 10.1. The van der Waals surface area contributed by atoms with E-state index in [1.165, 1.54) is 0 Å². The summed E-state index contributed by atoms with van der Waals surface area (Å²) in [6.07, 6.45) is 3.50.